The van der Waals surface area contributed by atoms with Crippen LogP contribution in [0.3, 0.4) is 0 Å². The molecule has 2 rings (SSSR count). The van der Waals surface area contributed by atoms with E-state index < -0.39 is 10.8 Å². The van der Waals surface area contributed by atoms with E-state index in [-0.39, 0.29) is 33.3 Å². The van der Waals surface area contributed by atoms with Gasteiger partial charge < -0.3 is 10.2 Å². The number of phenolic OH excluding ortho intramolecular Hbond substituents is 2. The van der Waals surface area contributed by atoms with E-state index >= 15 is 0 Å². The number of hydrogen-bond donors (Lipinski definition) is 3. The van der Waals surface area contributed by atoms with E-state index in [1.165, 1.54) is 18.2 Å². The first-order valence-electron chi connectivity index (χ1n) is 6.18. The summed E-state index contributed by atoms with van der Waals surface area (Å²) in [4.78, 5) is 22.1. The molecule has 0 radical (unpaired) electrons. The smallest absolute Gasteiger partial charge is 0.278 e. The van der Waals surface area contributed by atoms with Crippen molar-refractivity contribution in [1.82, 2.24) is 5.43 Å². The van der Waals surface area contributed by atoms with E-state index in [0.717, 1.165) is 24.4 Å². The monoisotopic (exact) mass is 335 g/mol. The van der Waals surface area contributed by atoms with Crippen molar-refractivity contribution in [3.05, 3.63) is 62.7 Å². The maximum Gasteiger partial charge on any atom is 0.278 e. The minimum Gasteiger partial charge on any atom is -0.508 e. The molecule has 0 aliphatic rings. The number of carbonyl (C=O) groups is 1. The van der Waals surface area contributed by atoms with Crippen LogP contribution < -0.4 is 5.43 Å². The van der Waals surface area contributed by atoms with Crippen molar-refractivity contribution in [2.24, 2.45) is 5.10 Å². The minimum absolute atomic E-state index is 0.00520. The van der Waals surface area contributed by atoms with Gasteiger partial charge in [0, 0.05) is 11.1 Å². The molecule has 3 N–H and O–H groups in total. The summed E-state index contributed by atoms with van der Waals surface area (Å²) in [6.07, 6.45) is 1.01. The number of nitro benzene ring substituents is 1. The number of nitro groups is 1. The minimum atomic E-state index is -0.746. The maximum absolute atomic E-state index is 11.9. The molecule has 0 saturated carbocycles. The van der Waals surface area contributed by atoms with E-state index in [1.807, 2.05) is 0 Å². The summed E-state index contributed by atoms with van der Waals surface area (Å²) in [7, 11) is 0. The molecule has 2 aromatic rings. The van der Waals surface area contributed by atoms with Gasteiger partial charge in [0.25, 0.3) is 11.6 Å². The van der Waals surface area contributed by atoms with Gasteiger partial charge in [0.05, 0.1) is 22.3 Å². The topological polar surface area (TPSA) is 125 Å². The van der Waals surface area contributed by atoms with Crippen LogP contribution in [0, 0.1) is 10.1 Å². The van der Waals surface area contributed by atoms with Crippen LogP contribution in [-0.4, -0.2) is 27.3 Å². The van der Waals surface area contributed by atoms with Crippen LogP contribution in [-0.2, 0) is 0 Å². The summed E-state index contributed by atoms with van der Waals surface area (Å²) in [6, 6.07) is 7.32. The molecular weight excluding hydrogens is 326 g/mol. The fourth-order valence-corrected chi connectivity index (χ4v) is 1.89. The van der Waals surface area contributed by atoms with E-state index in [9.17, 15) is 25.1 Å². The lowest BCUT2D eigenvalue weighted by Crippen LogP contribution is -2.17. The Balaban J connectivity index is 2.19. The molecule has 0 saturated heterocycles. The lowest BCUT2D eigenvalue weighted by molar-refractivity contribution is -0.385. The number of halogens is 1. The van der Waals surface area contributed by atoms with E-state index in [4.69, 9.17) is 11.6 Å². The second-order valence-corrected chi connectivity index (χ2v) is 4.80. The summed E-state index contributed by atoms with van der Waals surface area (Å²) < 4.78 is 0. The van der Waals surface area contributed by atoms with Gasteiger partial charge >= 0.3 is 0 Å². The average Bonchev–Trinajstić information content (AvgIpc) is 2.49. The van der Waals surface area contributed by atoms with Gasteiger partial charge in [-0.05, 0) is 30.3 Å². The number of phenols is 2. The van der Waals surface area contributed by atoms with E-state index in [2.05, 4.69) is 10.5 Å². The Morgan fingerprint density at radius 2 is 2.00 bits per heavy atom. The lowest BCUT2D eigenvalue weighted by Gasteiger charge is -2.03. The lowest BCUT2D eigenvalue weighted by atomic mass is 10.2. The molecule has 118 valence electrons. The molecule has 0 aromatic heterocycles. The molecule has 0 aliphatic heterocycles. The normalized spacial score (nSPS) is 10.7. The van der Waals surface area contributed by atoms with Crippen LogP contribution in [0.15, 0.2) is 41.5 Å². The molecule has 0 spiro atoms. The molecule has 1 amide bonds. The van der Waals surface area contributed by atoms with Gasteiger partial charge in [0.15, 0.2) is 0 Å². The van der Waals surface area contributed by atoms with Crippen molar-refractivity contribution < 1.29 is 19.9 Å². The maximum atomic E-state index is 11.9. The van der Waals surface area contributed by atoms with Gasteiger partial charge in [0.1, 0.15) is 11.5 Å². The van der Waals surface area contributed by atoms with Gasteiger partial charge in [0.2, 0.25) is 0 Å². The number of amides is 1. The molecule has 2 aromatic carbocycles. The Morgan fingerprint density at radius 3 is 2.70 bits per heavy atom. The van der Waals surface area contributed by atoms with Crippen LogP contribution in [0.1, 0.15) is 15.9 Å². The summed E-state index contributed by atoms with van der Waals surface area (Å²) in [5.74, 6) is -1.22. The van der Waals surface area contributed by atoms with Crippen molar-refractivity contribution >= 4 is 29.4 Å². The Labute approximate surface area is 134 Å². The van der Waals surface area contributed by atoms with Gasteiger partial charge in [-0.25, -0.2) is 5.43 Å². The largest absolute Gasteiger partial charge is 0.508 e. The zero-order valence-corrected chi connectivity index (χ0v) is 12.2. The highest BCUT2D eigenvalue weighted by atomic mass is 35.5. The van der Waals surface area contributed by atoms with Crippen molar-refractivity contribution in [1.29, 1.82) is 0 Å². The molecule has 9 heteroatoms. The van der Waals surface area contributed by atoms with Crippen LogP contribution in [0.4, 0.5) is 5.69 Å². The highest BCUT2D eigenvalue weighted by Crippen LogP contribution is 2.22. The predicted octanol–water partition coefficient (Wildman–Crippen LogP) is 2.42. The predicted molar refractivity (Wildman–Crippen MR) is 82.9 cm³/mol. The standard InChI is InChI=1S/C14H10ClN3O5/c15-9-1-4-13(20)11(6-9)14(21)17-16-7-8-5-10(19)2-3-12(8)18(22)23/h1-7,19-20H,(H,17,21). The van der Waals surface area contributed by atoms with Crippen molar-refractivity contribution in [2.75, 3.05) is 0 Å². The van der Waals surface area contributed by atoms with Crippen molar-refractivity contribution in [3.63, 3.8) is 0 Å². The van der Waals surface area contributed by atoms with E-state index in [1.54, 1.807) is 0 Å². The SMILES string of the molecule is O=C(NN=Cc1cc(O)ccc1[N+](=O)[O-])c1cc(Cl)ccc1O. The van der Waals surface area contributed by atoms with Gasteiger partial charge in [-0.3, -0.25) is 14.9 Å². The van der Waals surface area contributed by atoms with Crippen molar-refractivity contribution in [2.45, 2.75) is 0 Å². The highest BCUT2D eigenvalue weighted by Gasteiger charge is 2.13. The number of hydrogen-bond acceptors (Lipinski definition) is 6. The van der Waals surface area contributed by atoms with Crippen molar-refractivity contribution in [3.8, 4) is 11.5 Å². The molecule has 23 heavy (non-hydrogen) atoms. The first kappa shape index (κ1) is 16.2. The number of rotatable bonds is 4. The number of nitrogens with one attached hydrogen (secondary N) is 1. The zero-order chi connectivity index (χ0) is 17.0. The second-order valence-electron chi connectivity index (χ2n) is 4.36. The van der Waals surface area contributed by atoms with Crippen LogP contribution in [0.5, 0.6) is 11.5 Å². The van der Waals surface area contributed by atoms with Gasteiger partial charge in [-0.2, -0.15) is 5.10 Å². The van der Waals surface area contributed by atoms with Crippen LogP contribution >= 0.6 is 11.6 Å². The zero-order valence-electron chi connectivity index (χ0n) is 11.4. The highest BCUT2D eigenvalue weighted by molar-refractivity contribution is 6.31. The van der Waals surface area contributed by atoms with E-state index in [0.29, 0.717) is 0 Å². The van der Waals surface area contributed by atoms with Crippen LogP contribution in [0.2, 0.25) is 5.02 Å². The Morgan fingerprint density at radius 1 is 1.26 bits per heavy atom. The summed E-state index contributed by atoms with van der Waals surface area (Å²) in [5.41, 5.74) is 1.73. The third-order valence-electron chi connectivity index (χ3n) is 2.78. The molecule has 0 aliphatic carbocycles. The summed E-state index contributed by atoms with van der Waals surface area (Å²) >= 11 is 5.73. The molecular formula is C14H10ClN3O5. The van der Waals surface area contributed by atoms with Crippen LogP contribution in [0.25, 0.3) is 0 Å². The number of hydrazone groups is 1. The Kier molecular flexibility index (Phi) is 4.77. The third kappa shape index (κ3) is 3.95. The number of benzene rings is 2. The molecule has 8 nitrogen and oxygen atoms in total. The summed E-state index contributed by atoms with van der Waals surface area (Å²) in [6.45, 7) is 0. The van der Waals surface area contributed by atoms with Gasteiger partial charge in [-0.1, -0.05) is 11.6 Å². The fraction of sp³-hybridized carbons (Fsp3) is 0. The third-order valence-corrected chi connectivity index (χ3v) is 3.02. The Bertz CT molecular complexity index is 807. The second kappa shape index (κ2) is 6.75. The Hall–Kier alpha value is -3.13. The average molecular weight is 336 g/mol. The molecule has 0 unspecified atom stereocenters. The summed E-state index contributed by atoms with van der Waals surface area (Å²) in [5, 5.41) is 33.6. The molecule has 0 heterocycles. The number of carbonyl (C=O) groups excluding carboxylic acids is 1. The quantitative estimate of drug-likeness (QED) is 0.449. The first-order valence-corrected chi connectivity index (χ1v) is 6.55. The fourth-order valence-electron chi connectivity index (χ4n) is 1.72. The molecule has 0 bridgehead atoms. The van der Waals surface area contributed by atoms with Gasteiger partial charge in [-0.15, -0.1) is 0 Å². The number of aromatic hydroxyl groups is 2. The number of nitrogens with zero attached hydrogens (tertiary/aromatic N) is 2. The molecule has 0 fully saturated rings. The molecule has 0 atom stereocenters. The first-order chi connectivity index (χ1) is 10.9.